The molecule has 0 aromatic heterocycles. The molecular weight excluding hydrogens is 664 g/mol. The van der Waals surface area contributed by atoms with Crippen molar-refractivity contribution < 1.29 is 35.9 Å². The average Bonchev–Trinajstić information content (AvgIpc) is 3.36. The maximum atomic E-state index is 13.5. The molecule has 1 unspecified atom stereocenters. The van der Waals surface area contributed by atoms with E-state index in [0.717, 1.165) is 33.7 Å². The summed E-state index contributed by atoms with van der Waals surface area (Å²) < 4.78 is 84.0. The Kier molecular flexibility index (Phi) is 8.19. The molecule has 1 aliphatic heterocycles. The van der Waals surface area contributed by atoms with Crippen molar-refractivity contribution in [2.45, 2.75) is 18.0 Å². The molecule has 5 nitrogen and oxygen atoms in total. The van der Waals surface area contributed by atoms with Gasteiger partial charge in [0.2, 0.25) is 0 Å². The normalized spacial score (nSPS) is 17.0. The molecule has 4 aromatic rings. The van der Waals surface area contributed by atoms with E-state index in [1.54, 1.807) is 54.6 Å². The van der Waals surface area contributed by atoms with E-state index in [1.807, 2.05) is 0 Å². The van der Waals surface area contributed by atoms with Crippen molar-refractivity contribution in [2.24, 2.45) is 5.10 Å². The van der Waals surface area contributed by atoms with Crippen LogP contribution in [0.3, 0.4) is 0 Å². The van der Waals surface area contributed by atoms with Gasteiger partial charge >= 0.3 is 18.6 Å². The molecule has 4 aromatic carbocycles. The third-order valence-corrected chi connectivity index (χ3v) is 7.58. The second kappa shape index (κ2) is 11.6. The third-order valence-electron chi connectivity index (χ3n) is 6.74. The van der Waals surface area contributed by atoms with Gasteiger partial charge in [0, 0.05) is 15.7 Å². The second-order valence-electron chi connectivity index (χ2n) is 9.48. The smallest absolute Gasteiger partial charge is 0.406 e. The Morgan fingerprint density at radius 2 is 1.51 bits per heavy atom. The number of rotatable bonds is 5. The fourth-order valence-corrected chi connectivity index (χ4v) is 5.41. The predicted molar refractivity (Wildman–Crippen MR) is 153 cm³/mol. The lowest BCUT2D eigenvalue weighted by molar-refractivity contribution is -0.274. The first-order chi connectivity index (χ1) is 20.3. The van der Waals surface area contributed by atoms with Crippen molar-refractivity contribution >= 4 is 45.0 Å². The first kappa shape index (κ1) is 30.4. The molecule has 43 heavy (non-hydrogen) atoms. The van der Waals surface area contributed by atoms with Crippen LogP contribution in [0.4, 0.5) is 36.8 Å². The number of halogens is 8. The Morgan fingerprint density at radius 3 is 2.09 bits per heavy atom. The van der Waals surface area contributed by atoms with E-state index < -0.39 is 40.3 Å². The lowest BCUT2D eigenvalue weighted by Crippen LogP contribution is -2.42. The molecule has 222 valence electrons. The summed E-state index contributed by atoms with van der Waals surface area (Å²) in [5.74, 6) is -0.474. The van der Waals surface area contributed by atoms with Crippen LogP contribution in [0.1, 0.15) is 22.3 Å². The van der Waals surface area contributed by atoms with E-state index in [4.69, 9.17) is 11.6 Å². The van der Waals surface area contributed by atoms with Crippen LogP contribution in [0.2, 0.25) is 5.02 Å². The molecule has 1 heterocycles. The van der Waals surface area contributed by atoms with Crippen molar-refractivity contribution in [3.05, 3.63) is 129 Å². The summed E-state index contributed by atoms with van der Waals surface area (Å²) in [6, 6.07) is 22.9. The molecule has 0 saturated carbocycles. The lowest BCUT2D eigenvalue weighted by Gasteiger charge is -2.32. The molecule has 5 rings (SSSR count). The first-order valence-electron chi connectivity index (χ1n) is 12.5. The van der Waals surface area contributed by atoms with Crippen molar-refractivity contribution in [3.8, 4) is 5.75 Å². The fourth-order valence-electron chi connectivity index (χ4n) is 4.86. The summed E-state index contributed by atoms with van der Waals surface area (Å²) in [5.41, 5.74) is -0.622. The van der Waals surface area contributed by atoms with Crippen LogP contribution in [-0.2, 0) is 11.6 Å². The minimum Gasteiger partial charge on any atom is -0.406 e. The zero-order valence-electron chi connectivity index (χ0n) is 21.7. The number of anilines is 1. The van der Waals surface area contributed by atoms with Gasteiger partial charge in [-0.15, -0.1) is 13.2 Å². The first-order valence-corrected chi connectivity index (χ1v) is 13.7. The second-order valence-corrected chi connectivity index (χ2v) is 10.8. The third kappa shape index (κ3) is 6.50. The Balaban J connectivity index is 1.66. The van der Waals surface area contributed by atoms with Crippen LogP contribution >= 0.6 is 27.5 Å². The summed E-state index contributed by atoms with van der Waals surface area (Å²) in [5, 5.41) is 7.85. The molecule has 1 aliphatic rings. The molecule has 13 heteroatoms. The van der Waals surface area contributed by atoms with Crippen molar-refractivity contribution in [1.82, 2.24) is 5.01 Å². The standard InChI is InChI=1S/C30H19BrClF6N3O2/c31-21-9-11-22(12-10-21)39-27(42)41-17-28(19-4-2-1-3-5-19,20-7-13-23(14-8-20)43-30(36,37)38)26(40-41)18-6-15-24(25(32)16-18)29(33,34)35/h1-16H,17H2,(H,39,42). The largest absolute Gasteiger partial charge is 0.573 e. The number of ether oxygens (including phenoxy) is 1. The van der Waals surface area contributed by atoms with Crippen molar-refractivity contribution in [2.75, 3.05) is 11.9 Å². The molecule has 2 amide bonds. The van der Waals surface area contributed by atoms with Crippen molar-refractivity contribution in [3.63, 3.8) is 0 Å². The molecule has 0 bridgehead atoms. The summed E-state index contributed by atoms with van der Waals surface area (Å²) in [4.78, 5) is 13.5. The van der Waals surface area contributed by atoms with Gasteiger partial charge in [0.1, 0.15) is 5.75 Å². The highest BCUT2D eigenvalue weighted by atomic mass is 79.9. The lowest BCUT2D eigenvalue weighted by atomic mass is 9.69. The van der Waals surface area contributed by atoms with Crippen LogP contribution < -0.4 is 10.1 Å². The Hall–Kier alpha value is -4.03. The molecule has 0 fully saturated rings. The van der Waals surface area contributed by atoms with Crippen LogP contribution in [0.5, 0.6) is 5.75 Å². The molecule has 1 atom stereocenters. The van der Waals surface area contributed by atoms with Gasteiger partial charge in [-0.2, -0.15) is 18.3 Å². The monoisotopic (exact) mass is 681 g/mol. The van der Waals surface area contributed by atoms with Crippen LogP contribution in [-0.4, -0.2) is 29.7 Å². The van der Waals surface area contributed by atoms with Gasteiger partial charge in [-0.1, -0.05) is 76.1 Å². The fraction of sp³-hybridized carbons (Fsp3) is 0.133. The van der Waals surface area contributed by atoms with Gasteiger partial charge in [-0.3, -0.25) is 0 Å². The minimum absolute atomic E-state index is 0.146. The van der Waals surface area contributed by atoms with Gasteiger partial charge in [0.25, 0.3) is 0 Å². The number of nitrogens with zero attached hydrogens (tertiary/aromatic N) is 2. The van der Waals surface area contributed by atoms with Gasteiger partial charge in [-0.25, -0.2) is 9.80 Å². The number of carbonyl (C=O) groups is 1. The summed E-state index contributed by atoms with van der Waals surface area (Å²) in [6.45, 7) is -0.146. The van der Waals surface area contributed by atoms with E-state index in [1.165, 1.54) is 18.2 Å². The Labute approximate surface area is 254 Å². The number of urea groups is 1. The quantitative estimate of drug-likeness (QED) is 0.214. The van der Waals surface area contributed by atoms with E-state index >= 15 is 0 Å². The van der Waals surface area contributed by atoms with E-state index in [9.17, 15) is 31.1 Å². The van der Waals surface area contributed by atoms with Crippen LogP contribution in [0, 0.1) is 0 Å². The number of alkyl halides is 6. The van der Waals surface area contributed by atoms with Gasteiger partial charge in [0.15, 0.2) is 0 Å². The van der Waals surface area contributed by atoms with Gasteiger partial charge in [0.05, 0.1) is 28.3 Å². The Bertz CT molecular complexity index is 1660. The zero-order chi connectivity index (χ0) is 31.0. The minimum atomic E-state index is -4.92. The molecular formula is C30H19BrClF6N3O2. The highest BCUT2D eigenvalue weighted by Crippen LogP contribution is 2.44. The molecule has 0 saturated heterocycles. The molecule has 0 radical (unpaired) electrons. The van der Waals surface area contributed by atoms with Gasteiger partial charge in [-0.05, 0) is 59.7 Å². The number of amides is 2. The topological polar surface area (TPSA) is 53.9 Å². The van der Waals surface area contributed by atoms with Crippen molar-refractivity contribution in [1.29, 1.82) is 0 Å². The summed E-state index contributed by atoms with van der Waals surface area (Å²) in [7, 11) is 0. The summed E-state index contributed by atoms with van der Waals surface area (Å²) in [6.07, 6.45) is -9.63. The van der Waals surface area contributed by atoms with Gasteiger partial charge < -0.3 is 10.1 Å². The van der Waals surface area contributed by atoms with Crippen LogP contribution in [0.25, 0.3) is 0 Å². The number of hydrogen-bond acceptors (Lipinski definition) is 3. The summed E-state index contributed by atoms with van der Waals surface area (Å²) >= 11 is 9.41. The maximum absolute atomic E-state index is 13.5. The molecule has 0 aliphatic carbocycles. The molecule has 0 spiro atoms. The van der Waals surface area contributed by atoms with Crippen LogP contribution in [0.15, 0.2) is 107 Å². The number of hydrazone groups is 1. The van der Waals surface area contributed by atoms with E-state index in [-0.39, 0.29) is 17.8 Å². The predicted octanol–water partition coefficient (Wildman–Crippen LogP) is 9.26. The maximum Gasteiger partial charge on any atom is 0.573 e. The number of carbonyl (C=O) groups excluding carboxylic acids is 1. The SMILES string of the molecule is O=C(Nc1ccc(Br)cc1)N1CC(c2ccccc2)(c2ccc(OC(F)(F)F)cc2)C(c2ccc(C(F)(F)F)c(Cl)c2)=N1. The molecule has 1 N–H and O–H groups in total. The zero-order valence-corrected chi connectivity index (χ0v) is 24.0. The highest BCUT2D eigenvalue weighted by molar-refractivity contribution is 9.10. The highest BCUT2D eigenvalue weighted by Gasteiger charge is 2.48. The average molecular weight is 683 g/mol. The van der Waals surface area contributed by atoms with E-state index in [0.29, 0.717) is 16.8 Å². The number of hydrogen-bond donors (Lipinski definition) is 1. The van der Waals surface area contributed by atoms with E-state index in [2.05, 4.69) is 31.1 Å². The Morgan fingerprint density at radius 1 is 0.884 bits per heavy atom. The number of benzene rings is 4. The number of nitrogens with one attached hydrogen (secondary N) is 1.